The van der Waals surface area contributed by atoms with E-state index in [2.05, 4.69) is 15.5 Å². The fraction of sp³-hybridized carbons (Fsp3) is 0.867. The summed E-state index contributed by atoms with van der Waals surface area (Å²) in [4.78, 5) is 14.9. The van der Waals surface area contributed by atoms with Crippen LogP contribution in [0, 0.1) is 5.92 Å². The van der Waals surface area contributed by atoms with Crippen molar-refractivity contribution in [2.75, 3.05) is 6.61 Å². The van der Waals surface area contributed by atoms with Crippen LogP contribution in [0.25, 0.3) is 0 Å². The molecule has 2 atom stereocenters. The van der Waals surface area contributed by atoms with Gasteiger partial charge in [0.05, 0.1) is 24.7 Å². The van der Waals surface area contributed by atoms with Crippen LogP contribution >= 0.6 is 0 Å². The molecule has 1 aromatic rings. The molecule has 7 nitrogen and oxygen atoms in total. The van der Waals surface area contributed by atoms with Crippen molar-refractivity contribution < 1.29 is 9.90 Å². The van der Waals surface area contributed by atoms with Crippen molar-refractivity contribution in [3.8, 4) is 0 Å². The van der Waals surface area contributed by atoms with Gasteiger partial charge >= 0.3 is 0 Å². The van der Waals surface area contributed by atoms with E-state index in [0.717, 1.165) is 57.2 Å². The Morgan fingerprint density at radius 2 is 1.91 bits per heavy atom. The molecule has 3 fully saturated rings. The molecule has 7 heteroatoms. The Hall–Kier alpha value is -1.50. The summed E-state index contributed by atoms with van der Waals surface area (Å²) in [6.07, 6.45) is 8.14. The Kier molecular flexibility index (Phi) is 3.60. The number of tetrazole rings is 1. The van der Waals surface area contributed by atoms with E-state index in [1.807, 2.05) is 9.58 Å². The molecule has 1 saturated heterocycles. The van der Waals surface area contributed by atoms with Gasteiger partial charge in [0.1, 0.15) is 0 Å². The minimum absolute atomic E-state index is 0.0277. The maximum absolute atomic E-state index is 13.0. The second-order valence-corrected chi connectivity index (χ2v) is 6.87. The number of amides is 1. The minimum Gasteiger partial charge on any atom is -0.394 e. The molecule has 0 bridgehead atoms. The summed E-state index contributed by atoms with van der Waals surface area (Å²) in [6.45, 7) is 0.0277. The number of rotatable bonds is 4. The number of hydrogen-bond acceptors (Lipinski definition) is 5. The van der Waals surface area contributed by atoms with Crippen LogP contribution in [-0.4, -0.2) is 48.8 Å². The summed E-state index contributed by atoms with van der Waals surface area (Å²) in [6, 6.07) is 0.255. The molecular formula is C15H23N5O2. The van der Waals surface area contributed by atoms with Gasteiger partial charge in [-0.2, -0.15) is 0 Å². The number of aliphatic hydroxyl groups is 1. The number of likely N-dealkylation sites (tertiary alicyclic amines) is 1. The molecule has 0 unspecified atom stereocenters. The van der Waals surface area contributed by atoms with Crippen molar-refractivity contribution in [2.24, 2.45) is 5.92 Å². The molecule has 120 valence electrons. The molecule has 2 heterocycles. The lowest BCUT2D eigenvalue weighted by Crippen LogP contribution is -2.42. The molecule has 1 aromatic heterocycles. The minimum atomic E-state index is -0.0811. The fourth-order valence-corrected chi connectivity index (χ4v) is 4.03. The molecule has 2 aliphatic carbocycles. The van der Waals surface area contributed by atoms with E-state index in [1.54, 1.807) is 0 Å². The summed E-state index contributed by atoms with van der Waals surface area (Å²) in [5, 5.41) is 21.8. The lowest BCUT2D eigenvalue weighted by atomic mass is 10.1. The highest BCUT2D eigenvalue weighted by molar-refractivity contribution is 5.80. The van der Waals surface area contributed by atoms with Gasteiger partial charge in [-0.05, 0) is 49.0 Å². The Bertz CT molecular complexity index is 550. The number of carbonyl (C=O) groups is 1. The molecule has 22 heavy (non-hydrogen) atoms. The fourth-order valence-electron chi connectivity index (χ4n) is 4.03. The third kappa shape index (κ3) is 2.31. The van der Waals surface area contributed by atoms with E-state index < -0.39 is 0 Å². The van der Waals surface area contributed by atoms with Crippen LogP contribution in [0.1, 0.15) is 69.3 Å². The third-order valence-electron chi connectivity index (χ3n) is 5.38. The smallest absolute Gasteiger partial charge is 0.226 e. The molecule has 1 aliphatic heterocycles. The average Bonchev–Trinajstić information content (AvgIpc) is 3.02. The van der Waals surface area contributed by atoms with Gasteiger partial charge in [0.15, 0.2) is 5.82 Å². The van der Waals surface area contributed by atoms with E-state index in [0.29, 0.717) is 6.04 Å². The Morgan fingerprint density at radius 1 is 1.14 bits per heavy atom. The zero-order valence-corrected chi connectivity index (χ0v) is 12.8. The third-order valence-corrected chi connectivity index (χ3v) is 5.38. The molecule has 3 aliphatic rings. The van der Waals surface area contributed by atoms with Gasteiger partial charge < -0.3 is 10.0 Å². The summed E-state index contributed by atoms with van der Waals surface area (Å²) in [5.74, 6) is 1.13. The molecule has 0 aromatic carbocycles. The Morgan fingerprint density at radius 3 is 2.59 bits per heavy atom. The predicted octanol–water partition coefficient (Wildman–Crippen LogP) is 1.22. The van der Waals surface area contributed by atoms with Crippen LogP contribution in [0.4, 0.5) is 0 Å². The van der Waals surface area contributed by atoms with E-state index in [9.17, 15) is 9.90 Å². The SMILES string of the molecule is O=C(C1CCCC1)N1[C@H](CO)CC[C@@H]1c1nnnn1C1CC1. The normalized spacial score (nSPS) is 29.4. The summed E-state index contributed by atoms with van der Waals surface area (Å²) >= 11 is 0. The lowest BCUT2D eigenvalue weighted by molar-refractivity contribution is -0.139. The second-order valence-electron chi connectivity index (χ2n) is 6.87. The number of carbonyl (C=O) groups excluding carboxylic acids is 1. The van der Waals surface area contributed by atoms with Crippen LogP contribution in [0.5, 0.6) is 0 Å². The largest absolute Gasteiger partial charge is 0.394 e. The van der Waals surface area contributed by atoms with Crippen molar-refractivity contribution in [1.29, 1.82) is 0 Å². The number of aromatic nitrogens is 4. The molecule has 2 saturated carbocycles. The van der Waals surface area contributed by atoms with E-state index >= 15 is 0 Å². The Labute approximate surface area is 129 Å². The van der Waals surface area contributed by atoms with E-state index in [1.165, 1.54) is 0 Å². The predicted molar refractivity (Wildman–Crippen MR) is 77.7 cm³/mol. The zero-order valence-electron chi connectivity index (χ0n) is 12.8. The number of hydrogen-bond donors (Lipinski definition) is 1. The highest BCUT2D eigenvalue weighted by Crippen LogP contribution is 2.42. The van der Waals surface area contributed by atoms with Gasteiger partial charge in [-0.3, -0.25) is 4.79 Å². The lowest BCUT2D eigenvalue weighted by Gasteiger charge is -2.31. The highest BCUT2D eigenvalue weighted by Gasteiger charge is 2.44. The average molecular weight is 305 g/mol. The molecule has 1 N–H and O–H groups in total. The van der Waals surface area contributed by atoms with Gasteiger partial charge in [-0.1, -0.05) is 12.8 Å². The monoisotopic (exact) mass is 305 g/mol. The maximum atomic E-state index is 13.0. The molecule has 4 rings (SSSR count). The van der Waals surface area contributed by atoms with Crippen molar-refractivity contribution >= 4 is 5.91 Å². The molecular weight excluding hydrogens is 282 g/mol. The van der Waals surface area contributed by atoms with Crippen molar-refractivity contribution in [1.82, 2.24) is 25.1 Å². The summed E-state index contributed by atoms with van der Waals surface area (Å²) in [7, 11) is 0. The number of aliphatic hydroxyl groups excluding tert-OH is 1. The topological polar surface area (TPSA) is 84.1 Å². The van der Waals surface area contributed by atoms with Gasteiger partial charge in [-0.25, -0.2) is 4.68 Å². The van der Waals surface area contributed by atoms with Gasteiger partial charge in [0.25, 0.3) is 0 Å². The van der Waals surface area contributed by atoms with Crippen molar-refractivity contribution in [2.45, 2.75) is 69.5 Å². The first kappa shape index (κ1) is 14.1. The maximum Gasteiger partial charge on any atom is 0.226 e. The second kappa shape index (κ2) is 5.61. The Balaban J connectivity index is 1.62. The summed E-state index contributed by atoms with van der Waals surface area (Å²) < 4.78 is 1.90. The van der Waals surface area contributed by atoms with Crippen LogP contribution in [0.15, 0.2) is 0 Å². The summed E-state index contributed by atoms with van der Waals surface area (Å²) in [5.41, 5.74) is 0. The van der Waals surface area contributed by atoms with Crippen LogP contribution in [0.2, 0.25) is 0 Å². The molecule has 0 radical (unpaired) electrons. The van der Waals surface area contributed by atoms with Crippen LogP contribution in [0.3, 0.4) is 0 Å². The van der Waals surface area contributed by atoms with E-state index in [-0.39, 0.29) is 30.5 Å². The first-order valence-corrected chi connectivity index (χ1v) is 8.50. The van der Waals surface area contributed by atoms with Crippen molar-refractivity contribution in [3.63, 3.8) is 0 Å². The van der Waals surface area contributed by atoms with Crippen LogP contribution < -0.4 is 0 Å². The van der Waals surface area contributed by atoms with Gasteiger partial charge in [-0.15, -0.1) is 5.10 Å². The molecule has 1 amide bonds. The standard InChI is InChI=1S/C15H23N5O2/c21-9-12-7-8-13(14-16-17-18-20(14)11-5-6-11)19(12)15(22)10-3-1-2-4-10/h10-13,21H,1-9H2/t12-,13+/m0/s1. The zero-order chi connectivity index (χ0) is 15.1. The van der Waals surface area contributed by atoms with Gasteiger partial charge in [0.2, 0.25) is 5.91 Å². The van der Waals surface area contributed by atoms with Gasteiger partial charge in [0, 0.05) is 5.92 Å². The highest BCUT2D eigenvalue weighted by atomic mass is 16.3. The van der Waals surface area contributed by atoms with E-state index in [4.69, 9.17) is 0 Å². The molecule has 0 spiro atoms. The first-order valence-electron chi connectivity index (χ1n) is 8.50. The van der Waals surface area contributed by atoms with Crippen molar-refractivity contribution in [3.05, 3.63) is 5.82 Å². The number of nitrogens with zero attached hydrogens (tertiary/aromatic N) is 5. The first-order chi connectivity index (χ1) is 10.8. The van der Waals surface area contributed by atoms with Crippen LogP contribution in [-0.2, 0) is 4.79 Å². The quantitative estimate of drug-likeness (QED) is 0.904.